The Hall–Kier alpha value is -1.29. The van der Waals surface area contributed by atoms with E-state index in [2.05, 4.69) is 18.2 Å². The topological polar surface area (TPSA) is 23.8 Å². The smallest absolute Gasteiger partial charge is 0.0953 e. The first kappa shape index (κ1) is 6.42. The minimum atomic E-state index is 0.466. The molecule has 0 amide bonds. The quantitative estimate of drug-likeness (QED) is 0.510. The lowest BCUT2D eigenvalue weighted by molar-refractivity contribution is 1.09. The van der Waals surface area contributed by atoms with Gasteiger partial charge in [-0.3, -0.25) is 0 Å². The van der Waals surface area contributed by atoms with E-state index in [-0.39, 0.29) is 0 Å². The maximum atomic E-state index is 8.76. The molecule has 1 atom stereocenters. The van der Waals surface area contributed by atoms with E-state index in [0.717, 1.165) is 12.0 Å². The van der Waals surface area contributed by atoms with E-state index in [1.54, 1.807) is 0 Å². The molecule has 0 aromatic carbocycles. The van der Waals surface area contributed by atoms with Crippen molar-refractivity contribution in [1.29, 1.82) is 5.26 Å². The number of fused-ring (bicyclic) bond motifs is 1. The van der Waals surface area contributed by atoms with E-state index in [1.807, 2.05) is 13.0 Å². The Balaban J connectivity index is 2.42. The van der Waals surface area contributed by atoms with Gasteiger partial charge in [0.1, 0.15) is 0 Å². The summed E-state index contributed by atoms with van der Waals surface area (Å²) in [6.07, 6.45) is 7.31. The van der Waals surface area contributed by atoms with Gasteiger partial charge in [-0.15, -0.1) is 0 Å². The molecule has 11 heavy (non-hydrogen) atoms. The number of allylic oxidation sites excluding steroid dienone is 6. The second kappa shape index (κ2) is 2.10. The molecule has 0 aromatic heterocycles. The van der Waals surface area contributed by atoms with E-state index < -0.39 is 0 Å². The largest absolute Gasteiger partial charge is 0.193 e. The molecular formula is C10H9N. The van der Waals surface area contributed by atoms with Crippen LogP contribution >= 0.6 is 0 Å². The van der Waals surface area contributed by atoms with E-state index in [9.17, 15) is 0 Å². The van der Waals surface area contributed by atoms with Crippen LogP contribution in [-0.4, -0.2) is 0 Å². The second-order valence-electron chi connectivity index (χ2n) is 3.12. The number of nitriles is 1. The highest BCUT2D eigenvalue weighted by Crippen LogP contribution is 2.44. The zero-order valence-corrected chi connectivity index (χ0v) is 6.46. The predicted molar refractivity (Wildman–Crippen MR) is 43.6 cm³/mol. The van der Waals surface area contributed by atoms with Crippen LogP contribution in [0.4, 0.5) is 0 Å². The Morgan fingerprint density at radius 2 is 2.36 bits per heavy atom. The Kier molecular flexibility index (Phi) is 1.22. The first-order chi connectivity index (χ1) is 5.31. The molecule has 1 fully saturated rings. The predicted octanol–water partition coefficient (Wildman–Crippen LogP) is 2.34. The average Bonchev–Trinajstić information content (AvgIpc) is 2.73. The van der Waals surface area contributed by atoms with Crippen molar-refractivity contribution in [2.75, 3.05) is 0 Å². The van der Waals surface area contributed by atoms with Crippen molar-refractivity contribution in [3.05, 3.63) is 34.9 Å². The summed E-state index contributed by atoms with van der Waals surface area (Å²) < 4.78 is 0. The summed E-state index contributed by atoms with van der Waals surface area (Å²) in [6.45, 7) is 2.03. The van der Waals surface area contributed by atoms with Crippen LogP contribution in [0.2, 0.25) is 0 Å². The van der Waals surface area contributed by atoms with Gasteiger partial charge in [-0.05, 0) is 19.4 Å². The summed E-state index contributed by atoms with van der Waals surface area (Å²) in [6, 6.07) is 2.25. The summed E-state index contributed by atoms with van der Waals surface area (Å²) in [7, 11) is 0. The molecule has 2 aliphatic rings. The van der Waals surface area contributed by atoms with Crippen LogP contribution in [0, 0.1) is 17.2 Å². The molecule has 0 radical (unpaired) electrons. The lowest BCUT2D eigenvalue weighted by atomic mass is 10.1. The van der Waals surface area contributed by atoms with Crippen molar-refractivity contribution < 1.29 is 0 Å². The van der Waals surface area contributed by atoms with Gasteiger partial charge in [0.05, 0.1) is 6.07 Å². The van der Waals surface area contributed by atoms with Crippen molar-refractivity contribution in [3.63, 3.8) is 0 Å². The standard InChI is InChI=1S/C10H9N/c1-7-2-3-8-5-10(8)9(4-7)6-11/h2-4,10H,5H2,1H3. The normalized spacial score (nSPS) is 26.9. The van der Waals surface area contributed by atoms with Crippen LogP contribution < -0.4 is 0 Å². The van der Waals surface area contributed by atoms with E-state index in [0.29, 0.717) is 5.92 Å². The Bertz CT molecular complexity index is 323. The van der Waals surface area contributed by atoms with Gasteiger partial charge < -0.3 is 0 Å². The lowest BCUT2D eigenvalue weighted by Crippen LogP contribution is -1.80. The fourth-order valence-corrected chi connectivity index (χ4v) is 1.41. The third-order valence-electron chi connectivity index (χ3n) is 2.18. The molecule has 2 aliphatic carbocycles. The first-order valence-corrected chi connectivity index (χ1v) is 3.80. The fourth-order valence-electron chi connectivity index (χ4n) is 1.41. The molecule has 54 valence electrons. The van der Waals surface area contributed by atoms with Gasteiger partial charge in [-0.25, -0.2) is 0 Å². The van der Waals surface area contributed by atoms with Crippen molar-refractivity contribution >= 4 is 0 Å². The highest BCUT2D eigenvalue weighted by Gasteiger charge is 2.33. The maximum Gasteiger partial charge on any atom is 0.0953 e. The number of rotatable bonds is 0. The molecule has 0 aromatic rings. The van der Waals surface area contributed by atoms with Crippen LogP contribution in [0.25, 0.3) is 0 Å². The van der Waals surface area contributed by atoms with Gasteiger partial charge in [0.25, 0.3) is 0 Å². The number of hydrogen-bond donors (Lipinski definition) is 0. The zero-order chi connectivity index (χ0) is 7.84. The molecule has 1 nitrogen and oxygen atoms in total. The SMILES string of the molecule is CC1=CC=C2CC2C(C#N)=C1. The molecule has 0 spiro atoms. The van der Waals surface area contributed by atoms with Crippen LogP contribution in [0.15, 0.2) is 34.9 Å². The third-order valence-corrected chi connectivity index (χ3v) is 2.18. The summed E-state index contributed by atoms with van der Waals surface area (Å²) in [5.41, 5.74) is 3.53. The maximum absolute atomic E-state index is 8.76. The second-order valence-corrected chi connectivity index (χ2v) is 3.12. The zero-order valence-electron chi connectivity index (χ0n) is 6.46. The van der Waals surface area contributed by atoms with Gasteiger partial charge in [0, 0.05) is 11.5 Å². The fraction of sp³-hybridized carbons (Fsp3) is 0.300. The van der Waals surface area contributed by atoms with Crippen LogP contribution in [0.5, 0.6) is 0 Å². The molecule has 1 saturated carbocycles. The van der Waals surface area contributed by atoms with Crippen LogP contribution in [-0.2, 0) is 0 Å². The summed E-state index contributed by atoms with van der Waals surface area (Å²) >= 11 is 0. The highest BCUT2D eigenvalue weighted by molar-refractivity contribution is 5.49. The summed E-state index contributed by atoms with van der Waals surface area (Å²) in [4.78, 5) is 0. The summed E-state index contributed by atoms with van der Waals surface area (Å²) in [5, 5.41) is 8.76. The molecule has 1 heteroatoms. The molecule has 2 rings (SSSR count). The monoisotopic (exact) mass is 143 g/mol. The minimum Gasteiger partial charge on any atom is -0.193 e. The molecule has 0 saturated heterocycles. The van der Waals surface area contributed by atoms with Gasteiger partial charge >= 0.3 is 0 Å². The van der Waals surface area contributed by atoms with Gasteiger partial charge in [0.2, 0.25) is 0 Å². The van der Waals surface area contributed by atoms with E-state index >= 15 is 0 Å². The van der Waals surface area contributed by atoms with Crippen LogP contribution in [0.1, 0.15) is 13.3 Å². The molecule has 0 heterocycles. The van der Waals surface area contributed by atoms with Gasteiger partial charge in [-0.1, -0.05) is 23.3 Å². The van der Waals surface area contributed by atoms with Gasteiger partial charge in [0.15, 0.2) is 0 Å². The van der Waals surface area contributed by atoms with E-state index in [4.69, 9.17) is 5.26 Å². The average molecular weight is 143 g/mol. The Labute approximate surface area is 66.3 Å². The Morgan fingerprint density at radius 1 is 1.55 bits per heavy atom. The van der Waals surface area contributed by atoms with Crippen LogP contribution in [0.3, 0.4) is 0 Å². The molecule has 1 unspecified atom stereocenters. The molecule has 0 N–H and O–H groups in total. The van der Waals surface area contributed by atoms with Gasteiger partial charge in [-0.2, -0.15) is 5.26 Å². The van der Waals surface area contributed by atoms with Crippen molar-refractivity contribution in [2.45, 2.75) is 13.3 Å². The van der Waals surface area contributed by atoms with E-state index in [1.165, 1.54) is 11.1 Å². The molecular weight excluding hydrogens is 134 g/mol. The Morgan fingerprint density at radius 3 is 3.09 bits per heavy atom. The first-order valence-electron chi connectivity index (χ1n) is 3.80. The van der Waals surface area contributed by atoms with Crippen molar-refractivity contribution in [2.24, 2.45) is 5.92 Å². The molecule has 0 aliphatic heterocycles. The lowest BCUT2D eigenvalue weighted by Gasteiger charge is -1.90. The van der Waals surface area contributed by atoms with Crippen molar-refractivity contribution in [3.8, 4) is 6.07 Å². The number of nitrogens with zero attached hydrogens (tertiary/aromatic N) is 1. The summed E-state index contributed by atoms with van der Waals surface area (Å²) in [5.74, 6) is 0.466. The number of hydrogen-bond acceptors (Lipinski definition) is 1. The minimum absolute atomic E-state index is 0.466. The van der Waals surface area contributed by atoms with Crippen molar-refractivity contribution in [1.82, 2.24) is 0 Å². The molecule has 0 bridgehead atoms. The third kappa shape index (κ3) is 1.01. The highest BCUT2D eigenvalue weighted by atomic mass is 14.4.